The molecule has 1 aromatic heterocycles. The van der Waals surface area contributed by atoms with E-state index in [0.717, 1.165) is 0 Å². The van der Waals surface area contributed by atoms with Crippen molar-refractivity contribution in [2.24, 2.45) is 0 Å². The number of hydrogen-bond acceptors (Lipinski definition) is 3. The highest BCUT2D eigenvalue weighted by Crippen LogP contribution is 2.45. The maximum absolute atomic E-state index is 14.0. The van der Waals surface area contributed by atoms with Crippen LogP contribution in [0.25, 0.3) is 0 Å². The van der Waals surface area contributed by atoms with Crippen LogP contribution in [0, 0.1) is 5.82 Å². The molecule has 1 saturated heterocycles. The average Bonchev–Trinajstić information content (AvgIpc) is 2.45. The Labute approximate surface area is 139 Å². The number of β-lactam (4-membered cyclic amide) rings is 1. The first-order valence-electron chi connectivity index (χ1n) is 8.30. The molecule has 0 unspecified atom stereocenters. The molecule has 0 aromatic carbocycles. The lowest BCUT2D eigenvalue weighted by molar-refractivity contribution is -0.141. The van der Waals surface area contributed by atoms with Crippen LogP contribution in [0.4, 0.5) is 4.39 Å². The molecule has 1 N–H and O–H groups in total. The van der Waals surface area contributed by atoms with E-state index in [-0.39, 0.29) is 11.6 Å². The zero-order valence-corrected chi connectivity index (χ0v) is 15.8. The van der Waals surface area contributed by atoms with Gasteiger partial charge in [0.25, 0.3) is 5.91 Å². The van der Waals surface area contributed by atoms with Gasteiger partial charge in [-0.15, -0.1) is 0 Å². The Morgan fingerprint density at radius 1 is 1.17 bits per heavy atom. The van der Waals surface area contributed by atoms with Crippen LogP contribution in [0.15, 0.2) is 18.3 Å². The number of pyridine rings is 1. The van der Waals surface area contributed by atoms with Crippen molar-refractivity contribution in [2.75, 3.05) is 0 Å². The number of rotatable bonds is 6. The summed E-state index contributed by atoms with van der Waals surface area (Å²) in [4.78, 5) is 16.2. The van der Waals surface area contributed by atoms with E-state index < -0.39 is 26.3 Å². The van der Waals surface area contributed by atoms with Crippen LogP contribution in [-0.2, 0) is 9.22 Å². The highest BCUT2D eigenvalue weighted by molar-refractivity contribution is 6.77. The molecule has 1 fully saturated rings. The van der Waals surface area contributed by atoms with Crippen LogP contribution < -0.4 is 5.32 Å². The third-order valence-corrected chi connectivity index (χ3v) is 11.1. The monoisotopic (exact) mass is 338 g/mol. The van der Waals surface area contributed by atoms with E-state index in [1.54, 1.807) is 6.07 Å². The van der Waals surface area contributed by atoms with E-state index >= 15 is 0 Å². The molecule has 4 nitrogen and oxygen atoms in total. The normalized spacial score (nSPS) is 21.7. The van der Waals surface area contributed by atoms with Gasteiger partial charge in [-0.25, -0.2) is 4.39 Å². The summed E-state index contributed by atoms with van der Waals surface area (Å²) in [6.45, 7) is 13.0. The van der Waals surface area contributed by atoms with Gasteiger partial charge in [-0.3, -0.25) is 9.78 Å². The lowest BCUT2D eigenvalue weighted by Crippen LogP contribution is -2.63. The van der Waals surface area contributed by atoms with E-state index in [9.17, 15) is 9.18 Å². The smallest absolute Gasteiger partial charge is 0.251 e. The molecule has 1 aliphatic heterocycles. The Kier molecular flexibility index (Phi) is 5.26. The van der Waals surface area contributed by atoms with Crippen LogP contribution in [0.5, 0.6) is 0 Å². The molecule has 6 heteroatoms. The highest BCUT2D eigenvalue weighted by atomic mass is 28.4. The first-order chi connectivity index (χ1) is 10.7. The summed E-state index contributed by atoms with van der Waals surface area (Å²) in [5, 5.41) is 2.75. The van der Waals surface area contributed by atoms with E-state index in [2.05, 4.69) is 51.8 Å². The SMILES string of the molecule is CC(C)[Si](O[C@@H]1C(=O)N[C@@H]1c1ncccc1F)(C(C)C)C(C)C. The molecule has 1 amide bonds. The summed E-state index contributed by atoms with van der Waals surface area (Å²) >= 11 is 0. The van der Waals surface area contributed by atoms with Crippen molar-refractivity contribution in [3.8, 4) is 0 Å². The summed E-state index contributed by atoms with van der Waals surface area (Å²) in [5.41, 5.74) is 1.36. The molecule has 0 bridgehead atoms. The van der Waals surface area contributed by atoms with Gasteiger partial charge in [-0.2, -0.15) is 0 Å². The summed E-state index contributed by atoms with van der Waals surface area (Å²) in [7, 11) is -2.21. The van der Waals surface area contributed by atoms with Gasteiger partial charge < -0.3 is 9.74 Å². The van der Waals surface area contributed by atoms with Crippen LogP contribution in [0.3, 0.4) is 0 Å². The predicted molar refractivity (Wildman–Crippen MR) is 91.0 cm³/mol. The van der Waals surface area contributed by atoms with Gasteiger partial charge >= 0.3 is 0 Å². The lowest BCUT2D eigenvalue weighted by Gasteiger charge is -2.48. The van der Waals surface area contributed by atoms with Crippen molar-refractivity contribution in [3.05, 3.63) is 29.8 Å². The number of nitrogens with one attached hydrogen (secondary N) is 1. The number of hydrogen-bond donors (Lipinski definition) is 1. The maximum Gasteiger partial charge on any atom is 0.251 e. The highest BCUT2D eigenvalue weighted by Gasteiger charge is 2.53. The summed E-state index contributed by atoms with van der Waals surface area (Å²) < 4.78 is 20.5. The number of halogens is 1. The second-order valence-electron chi connectivity index (χ2n) is 7.21. The Morgan fingerprint density at radius 3 is 2.17 bits per heavy atom. The molecule has 0 saturated carbocycles. The minimum atomic E-state index is -2.21. The first-order valence-corrected chi connectivity index (χ1v) is 10.4. The van der Waals surface area contributed by atoms with Crippen molar-refractivity contribution in [1.82, 2.24) is 10.3 Å². The van der Waals surface area contributed by atoms with E-state index in [1.807, 2.05) is 0 Å². The van der Waals surface area contributed by atoms with Gasteiger partial charge in [-0.05, 0) is 28.8 Å². The van der Waals surface area contributed by atoms with Gasteiger partial charge in [0.2, 0.25) is 8.32 Å². The number of aromatic nitrogens is 1. The molecule has 0 radical (unpaired) electrons. The Bertz CT molecular complexity index is 556. The average molecular weight is 338 g/mol. The van der Waals surface area contributed by atoms with Gasteiger partial charge in [0.1, 0.15) is 17.6 Å². The van der Waals surface area contributed by atoms with Crippen LogP contribution in [-0.4, -0.2) is 25.3 Å². The molecule has 2 atom stereocenters. The first kappa shape index (κ1) is 18.1. The summed E-state index contributed by atoms with van der Waals surface area (Å²) in [6.07, 6.45) is 0.899. The molecule has 23 heavy (non-hydrogen) atoms. The Morgan fingerprint density at radius 2 is 1.74 bits per heavy atom. The number of carbonyl (C=O) groups is 1. The molecule has 0 aliphatic carbocycles. The number of nitrogens with zero attached hydrogens (tertiary/aromatic N) is 1. The minimum Gasteiger partial charge on any atom is -0.402 e. The van der Waals surface area contributed by atoms with Gasteiger partial charge in [-0.1, -0.05) is 41.5 Å². The number of carbonyl (C=O) groups excluding carboxylic acids is 1. The zero-order chi connectivity index (χ0) is 17.4. The second-order valence-corrected chi connectivity index (χ2v) is 12.6. The lowest BCUT2D eigenvalue weighted by atomic mass is 9.98. The van der Waals surface area contributed by atoms with Crippen molar-refractivity contribution in [1.29, 1.82) is 0 Å². The van der Waals surface area contributed by atoms with Crippen molar-refractivity contribution < 1.29 is 13.6 Å². The van der Waals surface area contributed by atoms with E-state index in [1.165, 1.54) is 12.3 Å². The molecular formula is C17H27FN2O2Si. The molecule has 2 rings (SSSR count). The molecule has 128 valence electrons. The van der Waals surface area contributed by atoms with Crippen molar-refractivity contribution >= 4 is 14.2 Å². The standard InChI is InChI=1S/C17H27FN2O2Si/c1-10(2)23(11(3)4,12(5)6)22-16-15(20-17(16)21)14-13(18)8-7-9-19-14/h7-12,15-16H,1-6H3,(H,20,21)/t15-,16+/m1/s1. The van der Waals surface area contributed by atoms with Crippen LogP contribution >= 0.6 is 0 Å². The topological polar surface area (TPSA) is 51.2 Å². The molecule has 2 heterocycles. The largest absolute Gasteiger partial charge is 0.402 e. The Hall–Kier alpha value is -1.27. The minimum absolute atomic E-state index is 0.168. The third-order valence-electron chi connectivity index (χ3n) is 4.98. The molecule has 1 aliphatic rings. The summed E-state index contributed by atoms with van der Waals surface area (Å²) in [6, 6.07) is 2.42. The second kappa shape index (κ2) is 6.69. The molecule has 0 spiro atoms. The third kappa shape index (κ3) is 3.06. The maximum atomic E-state index is 14.0. The fraction of sp³-hybridized carbons (Fsp3) is 0.647. The van der Waals surface area contributed by atoms with Crippen LogP contribution in [0.2, 0.25) is 16.6 Å². The van der Waals surface area contributed by atoms with E-state index in [0.29, 0.717) is 16.6 Å². The Balaban J connectivity index is 2.32. The van der Waals surface area contributed by atoms with Crippen molar-refractivity contribution in [3.63, 3.8) is 0 Å². The molecule has 1 aromatic rings. The molecular weight excluding hydrogens is 311 g/mol. The van der Waals surface area contributed by atoms with Gasteiger partial charge in [0, 0.05) is 6.20 Å². The van der Waals surface area contributed by atoms with Gasteiger partial charge in [0.15, 0.2) is 6.10 Å². The van der Waals surface area contributed by atoms with E-state index in [4.69, 9.17) is 4.43 Å². The van der Waals surface area contributed by atoms with Gasteiger partial charge in [0.05, 0.1) is 0 Å². The zero-order valence-electron chi connectivity index (χ0n) is 14.8. The fourth-order valence-corrected chi connectivity index (χ4v) is 9.45. The van der Waals surface area contributed by atoms with Crippen molar-refractivity contribution in [2.45, 2.75) is 70.3 Å². The summed E-state index contributed by atoms with van der Waals surface area (Å²) in [5.74, 6) is -0.573. The van der Waals surface area contributed by atoms with Crippen LogP contribution in [0.1, 0.15) is 53.3 Å². The fourth-order valence-electron chi connectivity index (χ4n) is 3.95. The predicted octanol–water partition coefficient (Wildman–Crippen LogP) is 3.95. The number of amides is 1. The quantitative estimate of drug-likeness (QED) is 0.631.